The highest BCUT2D eigenvalue weighted by atomic mass is 35.5. The van der Waals surface area contributed by atoms with Crippen molar-refractivity contribution < 1.29 is 19.8 Å². The van der Waals surface area contributed by atoms with Gasteiger partial charge < -0.3 is 20.1 Å². The molecule has 0 amide bonds. The highest BCUT2D eigenvalue weighted by Gasteiger charge is 2.42. The van der Waals surface area contributed by atoms with Crippen molar-refractivity contribution in [3.8, 4) is 0 Å². The first kappa shape index (κ1) is 20.1. The molecule has 28 heavy (non-hydrogen) atoms. The van der Waals surface area contributed by atoms with Gasteiger partial charge in [-0.2, -0.15) is 0 Å². The molecule has 3 N–H and O–H groups in total. The Hall–Kier alpha value is -2.64. The van der Waals surface area contributed by atoms with Crippen LogP contribution in [-0.2, 0) is 28.0 Å². The minimum absolute atomic E-state index is 0.0332. The lowest BCUT2D eigenvalue weighted by Gasteiger charge is -2.37. The first-order valence-electron chi connectivity index (χ1n) is 9.08. The van der Waals surface area contributed by atoms with E-state index in [1.165, 1.54) is 11.1 Å². The van der Waals surface area contributed by atoms with Crippen LogP contribution in [0.3, 0.4) is 0 Å². The Labute approximate surface area is 167 Å². The third-order valence-electron chi connectivity index (χ3n) is 5.20. The predicted octanol–water partition coefficient (Wildman–Crippen LogP) is 2.47. The van der Waals surface area contributed by atoms with Crippen LogP contribution in [0.4, 0.5) is 0 Å². The van der Waals surface area contributed by atoms with Crippen molar-refractivity contribution in [2.45, 2.75) is 31.2 Å². The maximum Gasteiger partial charge on any atom is 0.328 e. The summed E-state index contributed by atoms with van der Waals surface area (Å²) in [5.74, 6) is -1.35. The third-order valence-corrected chi connectivity index (χ3v) is 5.50. The molecule has 1 aromatic heterocycles. The van der Waals surface area contributed by atoms with Gasteiger partial charge in [0.25, 0.3) is 0 Å². The van der Waals surface area contributed by atoms with Gasteiger partial charge in [-0.1, -0.05) is 35.9 Å². The zero-order valence-corrected chi connectivity index (χ0v) is 16.0. The molecular weight excluding hydrogens is 382 g/mol. The van der Waals surface area contributed by atoms with E-state index in [-0.39, 0.29) is 5.41 Å². The summed E-state index contributed by atoms with van der Waals surface area (Å²) in [5, 5.41) is 19.9. The van der Waals surface area contributed by atoms with Crippen LogP contribution < -0.4 is 5.32 Å². The number of rotatable bonds is 2. The van der Waals surface area contributed by atoms with Crippen molar-refractivity contribution in [3.63, 3.8) is 0 Å². The van der Waals surface area contributed by atoms with Crippen LogP contribution in [0.25, 0.3) is 0 Å². The molecular formula is C20H22ClN3O4. The number of piperidine rings is 1. The lowest BCUT2D eigenvalue weighted by molar-refractivity contribution is -0.134. The van der Waals surface area contributed by atoms with E-state index in [1.54, 1.807) is 0 Å². The van der Waals surface area contributed by atoms with Crippen LogP contribution >= 0.6 is 11.6 Å². The number of aliphatic carboxylic acids is 2. The van der Waals surface area contributed by atoms with E-state index in [2.05, 4.69) is 34.1 Å². The molecule has 0 radical (unpaired) electrons. The Balaban J connectivity index is 0.000000242. The van der Waals surface area contributed by atoms with Crippen molar-refractivity contribution in [1.29, 1.82) is 0 Å². The fourth-order valence-electron chi connectivity index (χ4n) is 4.00. The number of benzene rings is 1. The second kappa shape index (κ2) is 8.58. The molecule has 2 aliphatic heterocycles. The molecule has 0 atom stereocenters. The van der Waals surface area contributed by atoms with Crippen molar-refractivity contribution in [2.75, 3.05) is 13.1 Å². The number of halogens is 1. The van der Waals surface area contributed by atoms with Crippen LogP contribution in [-0.4, -0.2) is 44.8 Å². The summed E-state index contributed by atoms with van der Waals surface area (Å²) in [6.45, 7) is 3.01. The number of hydrogen-bond acceptors (Lipinski definition) is 4. The van der Waals surface area contributed by atoms with Gasteiger partial charge in [-0.15, -0.1) is 0 Å². The van der Waals surface area contributed by atoms with Gasteiger partial charge in [0.15, 0.2) is 0 Å². The van der Waals surface area contributed by atoms with E-state index in [9.17, 15) is 9.59 Å². The number of fused-ring (bicyclic) bond motifs is 4. The van der Waals surface area contributed by atoms with Crippen LogP contribution in [0.15, 0.2) is 42.6 Å². The first-order valence-corrected chi connectivity index (χ1v) is 9.46. The molecule has 8 heteroatoms. The van der Waals surface area contributed by atoms with Gasteiger partial charge in [-0.3, -0.25) is 0 Å². The maximum absolute atomic E-state index is 9.55. The van der Waals surface area contributed by atoms with Gasteiger partial charge in [0.1, 0.15) is 11.0 Å². The molecule has 7 nitrogen and oxygen atoms in total. The van der Waals surface area contributed by atoms with Crippen molar-refractivity contribution in [3.05, 3.63) is 64.7 Å². The SMILES string of the molecule is Clc1cnc2n1CCc1ccccc1C21CCNCC1.O=C(O)/C=C/C(=O)O. The normalized spacial score (nSPS) is 17.2. The Kier molecular flexibility index (Phi) is 6.16. The second-order valence-corrected chi connectivity index (χ2v) is 7.19. The van der Waals surface area contributed by atoms with Gasteiger partial charge >= 0.3 is 11.9 Å². The van der Waals surface area contributed by atoms with Gasteiger partial charge in [0.05, 0.1) is 11.6 Å². The fraction of sp³-hybridized carbons (Fsp3) is 0.350. The lowest BCUT2D eigenvalue weighted by Crippen LogP contribution is -2.42. The average Bonchev–Trinajstić information content (AvgIpc) is 3.01. The number of nitrogens with zero attached hydrogens (tertiary/aromatic N) is 2. The number of imidazole rings is 1. The summed E-state index contributed by atoms with van der Waals surface area (Å²) in [6.07, 6.45) is 6.16. The number of nitrogens with one attached hydrogen (secondary N) is 1. The molecule has 0 unspecified atom stereocenters. The van der Waals surface area contributed by atoms with Gasteiger partial charge in [-0.25, -0.2) is 14.6 Å². The van der Waals surface area contributed by atoms with Gasteiger partial charge in [-0.05, 0) is 43.5 Å². The quantitative estimate of drug-likeness (QED) is 0.665. The summed E-state index contributed by atoms with van der Waals surface area (Å²) in [7, 11) is 0. The van der Waals surface area contributed by atoms with Crippen molar-refractivity contribution in [2.24, 2.45) is 0 Å². The minimum atomic E-state index is -1.26. The van der Waals surface area contributed by atoms with Gasteiger partial charge in [0.2, 0.25) is 0 Å². The number of aromatic nitrogens is 2. The molecule has 1 aromatic carbocycles. The molecule has 0 saturated carbocycles. The smallest absolute Gasteiger partial charge is 0.328 e. The Morgan fingerprint density at radius 3 is 2.43 bits per heavy atom. The largest absolute Gasteiger partial charge is 0.478 e. The number of carbonyl (C=O) groups is 2. The third kappa shape index (κ3) is 4.10. The highest BCUT2D eigenvalue weighted by Crippen LogP contribution is 2.43. The lowest BCUT2D eigenvalue weighted by atomic mass is 9.71. The molecule has 2 aliphatic rings. The van der Waals surface area contributed by atoms with E-state index >= 15 is 0 Å². The van der Waals surface area contributed by atoms with Crippen LogP contribution in [0.2, 0.25) is 5.15 Å². The second-order valence-electron chi connectivity index (χ2n) is 6.81. The summed E-state index contributed by atoms with van der Waals surface area (Å²) in [5.41, 5.74) is 2.95. The van der Waals surface area contributed by atoms with Crippen LogP contribution in [0.5, 0.6) is 0 Å². The van der Waals surface area contributed by atoms with Crippen molar-refractivity contribution in [1.82, 2.24) is 14.9 Å². The summed E-state index contributed by atoms with van der Waals surface area (Å²) in [4.78, 5) is 23.8. The predicted molar refractivity (Wildman–Crippen MR) is 105 cm³/mol. The maximum atomic E-state index is 9.55. The molecule has 1 spiro atoms. The number of carboxylic acid groups (broad SMARTS) is 2. The highest BCUT2D eigenvalue weighted by molar-refractivity contribution is 6.29. The Morgan fingerprint density at radius 2 is 1.79 bits per heavy atom. The van der Waals surface area contributed by atoms with E-state index in [1.807, 2.05) is 6.20 Å². The van der Waals surface area contributed by atoms with E-state index < -0.39 is 11.9 Å². The summed E-state index contributed by atoms with van der Waals surface area (Å²) < 4.78 is 2.22. The topological polar surface area (TPSA) is 104 Å². The van der Waals surface area contributed by atoms with Crippen LogP contribution in [0, 0.1) is 0 Å². The Morgan fingerprint density at radius 1 is 1.14 bits per heavy atom. The molecule has 0 aliphatic carbocycles. The molecule has 3 heterocycles. The summed E-state index contributed by atoms with van der Waals surface area (Å²) in [6, 6.07) is 8.85. The van der Waals surface area contributed by atoms with Crippen LogP contribution in [0.1, 0.15) is 29.8 Å². The van der Waals surface area contributed by atoms with E-state index in [0.717, 1.165) is 49.9 Å². The molecule has 4 rings (SSSR count). The molecule has 148 valence electrons. The zero-order chi connectivity index (χ0) is 20.1. The van der Waals surface area contributed by atoms with Gasteiger partial charge in [0, 0.05) is 18.7 Å². The first-order chi connectivity index (χ1) is 13.4. The Bertz CT molecular complexity index is 885. The minimum Gasteiger partial charge on any atom is -0.478 e. The summed E-state index contributed by atoms with van der Waals surface area (Å²) >= 11 is 6.36. The van der Waals surface area contributed by atoms with E-state index in [0.29, 0.717) is 12.2 Å². The average molecular weight is 404 g/mol. The molecule has 1 fully saturated rings. The van der Waals surface area contributed by atoms with E-state index in [4.69, 9.17) is 26.8 Å². The molecule has 2 aromatic rings. The number of aryl methyl sites for hydroxylation is 1. The number of carboxylic acids is 2. The zero-order valence-electron chi connectivity index (χ0n) is 15.3. The monoisotopic (exact) mass is 403 g/mol. The van der Waals surface area contributed by atoms with Crippen molar-refractivity contribution >= 4 is 23.5 Å². The fourth-order valence-corrected chi connectivity index (χ4v) is 4.21. The standard InChI is InChI=1S/C16H18ClN3.C4H4O4/c17-14-11-19-15-16(6-8-18-9-7-16)13-4-2-1-3-12(13)5-10-20(14)15;5-3(6)1-2-4(7)8/h1-4,11,18H,5-10H2;1-2H,(H,5,6)(H,7,8)/b;2-1+. The number of hydrogen-bond donors (Lipinski definition) is 3. The molecule has 0 bridgehead atoms. The molecule has 1 saturated heterocycles.